The molecule has 1 aromatic heterocycles. The van der Waals surface area contributed by atoms with Gasteiger partial charge in [0.05, 0.1) is 12.3 Å². The van der Waals surface area contributed by atoms with E-state index in [9.17, 15) is 14.3 Å². The number of aliphatic hydroxyl groups excluding tert-OH is 1. The van der Waals surface area contributed by atoms with Crippen LogP contribution in [0.25, 0.3) is 5.69 Å². The number of halogens is 1. The zero-order valence-electron chi connectivity index (χ0n) is 13.6. The number of hydrogen-bond donors (Lipinski definition) is 1. The van der Waals surface area contributed by atoms with E-state index in [2.05, 4.69) is 4.98 Å². The summed E-state index contributed by atoms with van der Waals surface area (Å²) in [6.07, 6.45) is 4.95. The van der Waals surface area contributed by atoms with Gasteiger partial charge in [-0.1, -0.05) is 11.8 Å². The highest BCUT2D eigenvalue weighted by molar-refractivity contribution is 7.98. The average molecular weight is 349 g/mol. The van der Waals surface area contributed by atoms with Crippen LogP contribution in [0.15, 0.2) is 35.6 Å². The van der Waals surface area contributed by atoms with Crippen LogP contribution < -0.4 is 0 Å². The molecule has 0 spiro atoms. The predicted molar refractivity (Wildman–Crippen MR) is 91.0 cm³/mol. The molecule has 1 atom stereocenters. The summed E-state index contributed by atoms with van der Waals surface area (Å²) in [5.41, 5.74) is 1.08. The minimum Gasteiger partial charge on any atom is -0.391 e. The first-order valence-corrected chi connectivity index (χ1v) is 9.05. The van der Waals surface area contributed by atoms with Crippen LogP contribution >= 0.6 is 11.8 Å². The van der Waals surface area contributed by atoms with Gasteiger partial charge in [0.1, 0.15) is 11.5 Å². The SMILES string of the molecule is CSc1ncc(C(=O)N(C)CC(O)C2CC2)n1-c1ccc(F)cc1. The molecule has 128 valence electrons. The number of carbonyl (C=O) groups excluding carboxylic acids is 1. The van der Waals surface area contributed by atoms with Gasteiger partial charge < -0.3 is 10.0 Å². The number of aliphatic hydroxyl groups is 1. The van der Waals surface area contributed by atoms with Crippen molar-refractivity contribution in [3.8, 4) is 5.69 Å². The first-order valence-electron chi connectivity index (χ1n) is 7.82. The van der Waals surface area contributed by atoms with Crippen LogP contribution in [-0.4, -0.2) is 51.4 Å². The molecule has 1 aliphatic carbocycles. The third-order valence-electron chi connectivity index (χ3n) is 4.19. The first kappa shape index (κ1) is 17.0. The second-order valence-corrected chi connectivity index (χ2v) is 6.81. The molecule has 1 unspecified atom stereocenters. The molecule has 3 rings (SSSR count). The van der Waals surface area contributed by atoms with Gasteiger partial charge in [-0.3, -0.25) is 9.36 Å². The van der Waals surface area contributed by atoms with Gasteiger partial charge in [-0.2, -0.15) is 0 Å². The molecule has 0 radical (unpaired) electrons. The fourth-order valence-corrected chi connectivity index (χ4v) is 3.20. The summed E-state index contributed by atoms with van der Waals surface area (Å²) >= 11 is 1.41. The normalized spacial score (nSPS) is 15.3. The minimum atomic E-state index is -0.485. The number of rotatable bonds is 6. The second kappa shape index (κ2) is 6.94. The Bertz CT molecular complexity index is 728. The zero-order chi connectivity index (χ0) is 17.3. The van der Waals surface area contributed by atoms with Crippen LogP contribution in [0.3, 0.4) is 0 Å². The fraction of sp³-hybridized carbons (Fsp3) is 0.412. The largest absolute Gasteiger partial charge is 0.391 e. The van der Waals surface area contributed by atoms with E-state index in [0.717, 1.165) is 12.8 Å². The summed E-state index contributed by atoms with van der Waals surface area (Å²) < 4.78 is 14.9. The lowest BCUT2D eigenvalue weighted by Crippen LogP contribution is -2.36. The van der Waals surface area contributed by atoms with E-state index in [1.807, 2.05) is 6.26 Å². The molecular weight excluding hydrogens is 329 g/mol. The Labute approximate surface area is 144 Å². The summed E-state index contributed by atoms with van der Waals surface area (Å²) in [5.74, 6) is -0.238. The van der Waals surface area contributed by atoms with E-state index in [1.165, 1.54) is 35.0 Å². The number of amides is 1. The van der Waals surface area contributed by atoms with Gasteiger partial charge in [0, 0.05) is 19.3 Å². The summed E-state index contributed by atoms with van der Waals surface area (Å²) in [7, 11) is 1.68. The standard InChI is InChI=1S/C17H20FN3O2S/c1-20(10-15(22)11-3-4-11)16(23)14-9-19-17(24-2)21(14)13-7-5-12(18)6-8-13/h5-9,11,15,22H,3-4,10H2,1-2H3. The van der Waals surface area contributed by atoms with Crippen molar-refractivity contribution in [2.45, 2.75) is 24.1 Å². The quantitative estimate of drug-likeness (QED) is 0.815. The van der Waals surface area contributed by atoms with Crippen molar-refractivity contribution in [1.82, 2.24) is 14.5 Å². The van der Waals surface area contributed by atoms with Crippen LogP contribution in [0.5, 0.6) is 0 Å². The minimum absolute atomic E-state index is 0.216. The maximum absolute atomic E-state index is 13.2. The molecular formula is C17H20FN3O2S. The lowest BCUT2D eigenvalue weighted by Gasteiger charge is -2.21. The van der Waals surface area contributed by atoms with Crippen LogP contribution in [-0.2, 0) is 0 Å². The van der Waals surface area contributed by atoms with Gasteiger partial charge in [0.15, 0.2) is 5.16 Å². The molecule has 1 N–H and O–H groups in total. The van der Waals surface area contributed by atoms with Crippen molar-refractivity contribution >= 4 is 17.7 Å². The number of thioether (sulfide) groups is 1. The number of aromatic nitrogens is 2. The van der Waals surface area contributed by atoms with Gasteiger partial charge >= 0.3 is 0 Å². The number of hydrogen-bond acceptors (Lipinski definition) is 4. The van der Waals surface area contributed by atoms with Gasteiger partial charge in [-0.15, -0.1) is 0 Å². The van der Waals surface area contributed by atoms with Crippen molar-refractivity contribution < 1.29 is 14.3 Å². The van der Waals surface area contributed by atoms with Gasteiger partial charge in [-0.25, -0.2) is 9.37 Å². The molecule has 5 nitrogen and oxygen atoms in total. The fourth-order valence-electron chi connectivity index (χ4n) is 2.66. The average Bonchev–Trinajstić information content (AvgIpc) is 3.34. The molecule has 0 saturated heterocycles. The van der Waals surface area contributed by atoms with Crippen molar-refractivity contribution in [3.63, 3.8) is 0 Å². The van der Waals surface area contributed by atoms with Crippen LogP contribution in [0, 0.1) is 11.7 Å². The Morgan fingerprint density at radius 2 is 2.12 bits per heavy atom. The highest BCUT2D eigenvalue weighted by atomic mass is 32.2. The van der Waals surface area contributed by atoms with E-state index in [0.29, 0.717) is 29.0 Å². The summed E-state index contributed by atoms with van der Waals surface area (Å²) in [6.45, 7) is 0.298. The maximum Gasteiger partial charge on any atom is 0.272 e. The molecule has 1 heterocycles. The highest BCUT2D eigenvalue weighted by Crippen LogP contribution is 2.33. The summed E-state index contributed by atoms with van der Waals surface area (Å²) in [6, 6.07) is 5.95. The molecule has 1 aromatic carbocycles. The number of benzene rings is 1. The van der Waals surface area contributed by atoms with Crippen molar-refractivity contribution in [3.05, 3.63) is 42.0 Å². The Kier molecular flexibility index (Phi) is 4.91. The van der Waals surface area contributed by atoms with Crippen LogP contribution in [0.1, 0.15) is 23.3 Å². The Morgan fingerprint density at radius 1 is 1.46 bits per heavy atom. The van der Waals surface area contributed by atoms with Gasteiger partial charge in [-0.05, 0) is 49.3 Å². The molecule has 1 aliphatic rings. The molecule has 7 heteroatoms. The van der Waals surface area contributed by atoms with E-state index >= 15 is 0 Å². The summed E-state index contributed by atoms with van der Waals surface area (Å²) in [5, 5.41) is 10.7. The second-order valence-electron chi connectivity index (χ2n) is 6.03. The van der Waals surface area contributed by atoms with Crippen molar-refractivity contribution in [2.24, 2.45) is 5.92 Å². The van der Waals surface area contributed by atoms with E-state index in [1.54, 1.807) is 23.7 Å². The highest BCUT2D eigenvalue weighted by Gasteiger charge is 2.32. The van der Waals surface area contributed by atoms with E-state index in [4.69, 9.17) is 0 Å². The Morgan fingerprint density at radius 3 is 2.71 bits per heavy atom. The lowest BCUT2D eigenvalue weighted by atomic mass is 10.2. The smallest absolute Gasteiger partial charge is 0.272 e. The monoisotopic (exact) mass is 349 g/mol. The number of likely N-dealkylation sites (N-methyl/N-ethyl adjacent to an activating group) is 1. The van der Waals surface area contributed by atoms with E-state index < -0.39 is 6.10 Å². The van der Waals surface area contributed by atoms with Crippen LogP contribution in [0.4, 0.5) is 4.39 Å². The van der Waals surface area contributed by atoms with Gasteiger partial charge in [0.2, 0.25) is 0 Å². The Balaban J connectivity index is 1.88. The number of nitrogens with zero attached hydrogens (tertiary/aromatic N) is 3. The summed E-state index contributed by atoms with van der Waals surface area (Å²) in [4.78, 5) is 18.6. The third-order valence-corrected chi connectivity index (χ3v) is 4.84. The molecule has 1 fully saturated rings. The molecule has 0 bridgehead atoms. The maximum atomic E-state index is 13.2. The first-order chi connectivity index (χ1) is 11.5. The Hall–Kier alpha value is -1.86. The molecule has 2 aromatic rings. The number of imidazole rings is 1. The zero-order valence-corrected chi connectivity index (χ0v) is 14.5. The number of carbonyl (C=O) groups is 1. The predicted octanol–water partition coefficient (Wildman–Crippen LogP) is 2.58. The molecule has 24 heavy (non-hydrogen) atoms. The van der Waals surface area contributed by atoms with Crippen molar-refractivity contribution in [2.75, 3.05) is 19.8 Å². The topological polar surface area (TPSA) is 58.4 Å². The van der Waals surface area contributed by atoms with Crippen LogP contribution in [0.2, 0.25) is 0 Å². The molecule has 0 aliphatic heterocycles. The van der Waals surface area contributed by atoms with Crippen molar-refractivity contribution in [1.29, 1.82) is 0 Å². The molecule has 1 amide bonds. The third kappa shape index (κ3) is 3.47. The van der Waals surface area contributed by atoms with Gasteiger partial charge in [0.25, 0.3) is 5.91 Å². The molecule has 1 saturated carbocycles. The van der Waals surface area contributed by atoms with E-state index in [-0.39, 0.29) is 11.7 Å². The lowest BCUT2D eigenvalue weighted by molar-refractivity contribution is 0.0638.